The van der Waals surface area contributed by atoms with E-state index in [0.29, 0.717) is 13.0 Å². The molecule has 0 fully saturated rings. The summed E-state index contributed by atoms with van der Waals surface area (Å²) in [5.74, 6) is -0.746. The van der Waals surface area contributed by atoms with Crippen LogP contribution in [0.4, 0.5) is 5.69 Å². The molecule has 2 N–H and O–H groups in total. The third-order valence-electron chi connectivity index (χ3n) is 3.14. The fraction of sp³-hybridized carbons (Fsp3) is 0.235. The molecule has 0 heterocycles. The lowest BCUT2D eigenvalue weighted by molar-refractivity contribution is -0.137. The van der Waals surface area contributed by atoms with Gasteiger partial charge in [0.1, 0.15) is 0 Å². The molecule has 0 bridgehead atoms. The lowest BCUT2D eigenvalue weighted by atomic mass is 10.0. The van der Waals surface area contributed by atoms with E-state index in [9.17, 15) is 4.79 Å². The summed E-state index contributed by atoms with van der Waals surface area (Å²) in [6.45, 7) is 0.679. The van der Waals surface area contributed by atoms with Crippen LogP contribution >= 0.6 is 0 Å². The molecular weight excluding hydrogens is 250 g/mol. The molecule has 0 saturated carbocycles. The molecule has 2 aromatic carbocycles. The molecular formula is C17H19NO2. The Morgan fingerprint density at radius 1 is 1.00 bits per heavy atom. The Bertz CT molecular complexity index is 552. The Morgan fingerprint density at radius 3 is 2.45 bits per heavy atom. The topological polar surface area (TPSA) is 49.3 Å². The minimum atomic E-state index is -0.746. The van der Waals surface area contributed by atoms with Gasteiger partial charge in [0.25, 0.3) is 0 Å². The fourth-order valence-corrected chi connectivity index (χ4v) is 2.13. The Labute approximate surface area is 119 Å². The molecule has 0 unspecified atom stereocenters. The molecule has 20 heavy (non-hydrogen) atoms. The molecule has 0 aliphatic carbocycles. The molecule has 3 heteroatoms. The van der Waals surface area contributed by atoms with Crippen LogP contribution in [0.3, 0.4) is 0 Å². The fourth-order valence-electron chi connectivity index (χ4n) is 2.13. The maximum absolute atomic E-state index is 10.5. The van der Waals surface area contributed by atoms with Crippen LogP contribution in [-0.4, -0.2) is 17.6 Å². The van der Waals surface area contributed by atoms with Crippen LogP contribution in [-0.2, 0) is 11.2 Å². The quantitative estimate of drug-likeness (QED) is 0.756. The van der Waals surface area contributed by atoms with Gasteiger partial charge in [0.15, 0.2) is 0 Å². The lowest BCUT2D eigenvalue weighted by Gasteiger charge is -2.11. The minimum Gasteiger partial charge on any atom is -0.481 e. The Kier molecular flexibility index (Phi) is 5.18. The maximum atomic E-state index is 10.5. The van der Waals surface area contributed by atoms with Gasteiger partial charge in [0.05, 0.1) is 0 Å². The third kappa shape index (κ3) is 4.43. The zero-order chi connectivity index (χ0) is 14.2. The van der Waals surface area contributed by atoms with Crippen LogP contribution in [0.1, 0.15) is 24.0 Å². The van der Waals surface area contributed by atoms with Crippen molar-refractivity contribution < 1.29 is 9.90 Å². The molecule has 0 saturated heterocycles. The van der Waals surface area contributed by atoms with Crippen molar-refractivity contribution in [1.29, 1.82) is 0 Å². The standard InChI is InChI=1S/C17H19NO2/c19-17(20)11-6-12-18-16-10-5-4-9-15(16)13-14-7-2-1-3-8-14/h1-5,7-10,18H,6,11-13H2,(H,19,20). The first-order valence-electron chi connectivity index (χ1n) is 6.83. The lowest BCUT2D eigenvalue weighted by Crippen LogP contribution is -2.06. The van der Waals surface area contributed by atoms with Crippen molar-refractivity contribution in [2.45, 2.75) is 19.3 Å². The number of carboxylic acid groups (broad SMARTS) is 1. The molecule has 0 aromatic heterocycles. The monoisotopic (exact) mass is 269 g/mol. The van der Waals surface area contributed by atoms with Crippen molar-refractivity contribution in [2.24, 2.45) is 0 Å². The summed E-state index contributed by atoms with van der Waals surface area (Å²) >= 11 is 0. The number of nitrogens with one attached hydrogen (secondary N) is 1. The van der Waals surface area contributed by atoms with Gasteiger partial charge in [-0.1, -0.05) is 48.5 Å². The van der Waals surface area contributed by atoms with Gasteiger partial charge >= 0.3 is 5.97 Å². The number of benzene rings is 2. The van der Waals surface area contributed by atoms with Gasteiger partial charge in [-0.2, -0.15) is 0 Å². The maximum Gasteiger partial charge on any atom is 0.303 e. The first kappa shape index (κ1) is 14.1. The molecule has 0 aliphatic heterocycles. The number of para-hydroxylation sites is 1. The number of hydrogen-bond acceptors (Lipinski definition) is 2. The third-order valence-corrected chi connectivity index (χ3v) is 3.14. The summed E-state index contributed by atoms with van der Waals surface area (Å²) < 4.78 is 0. The molecule has 2 aromatic rings. The number of hydrogen-bond donors (Lipinski definition) is 2. The number of aliphatic carboxylic acids is 1. The van der Waals surface area contributed by atoms with Crippen molar-refractivity contribution in [2.75, 3.05) is 11.9 Å². The molecule has 0 radical (unpaired) electrons. The van der Waals surface area contributed by atoms with Crippen molar-refractivity contribution in [3.05, 3.63) is 65.7 Å². The summed E-state index contributed by atoms with van der Waals surface area (Å²) in [5.41, 5.74) is 3.59. The second-order valence-electron chi connectivity index (χ2n) is 4.74. The summed E-state index contributed by atoms with van der Waals surface area (Å²) in [7, 11) is 0. The zero-order valence-corrected chi connectivity index (χ0v) is 11.4. The van der Waals surface area contributed by atoms with Crippen LogP contribution in [0.15, 0.2) is 54.6 Å². The highest BCUT2D eigenvalue weighted by Crippen LogP contribution is 2.19. The van der Waals surface area contributed by atoms with Gasteiger partial charge < -0.3 is 10.4 Å². The van der Waals surface area contributed by atoms with E-state index in [2.05, 4.69) is 23.5 Å². The van der Waals surface area contributed by atoms with Gasteiger partial charge in [-0.05, 0) is 30.0 Å². The van der Waals surface area contributed by atoms with Crippen LogP contribution in [0.25, 0.3) is 0 Å². The van der Waals surface area contributed by atoms with Gasteiger partial charge in [-0.15, -0.1) is 0 Å². The van der Waals surface area contributed by atoms with Crippen LogP contribution in [0.5, 0.6) is 0 Å². The average molecular weight is 269 g/mol. The van der Waals surface area contributed by atoms with E-state index in [1.165, 1.54) is 11.1 Å². The molecule has 0 spiro atoms. The van der Waals surface area contributed by atoms with E-state index in [1.54, 1.807) is 0 Å². The average Bonchev–Trinajstić information content (AvgIpc) is 2.46. The van der Waals surface area contributed by atoms with Crippen molar-refractivity contribution in [3.63, 3.8) is 0 Å². The summed E-state index contributed by atoms with van der Waals surface area (Å²) in [6.07, 6.45) is 1.71. The first-order valence-corrected chi connectivity index (χ1v) is 6.83. The Morgan fingerprint density at radius 2 is 1.70 bits per heavy atom. The van der Waals surface area contributed by atoms with Gasteiger partial charge in [-0.25, -0.2) is 0 Å². The van der Waals surface area contributed by atoms with E-state index in [1.807, 2.05) is 36.4 Å². The summed E-state index contributed by atoms with van der Waals surface area (Å²) in [5, 5.41) is 12.0. The van der Waals surface area contributed by atoms with E-state index >= 15 is 0 Å². The second-order valence-corrected chi connectivity index (χ2v) is 4.74. The summed E-state index contributed by atoms with van der Waals surface area (Å²) in [4.78, 5) is 10.5. The summed E-state index contributed by atoms with van der Waals surface area (Å²) in [6, 6.07) is 18.5. The zero-order valence-electron chi connectivity index (χ0n) is 11.4. The largest absolute Gasteiger partial charge is 0.481 e. The highest BCUT2D eigenvalue weighted by molar-refractivity contribution is 5.66. The number of rotatable bonds is 7. The second kappa shape index (κ2) is 7.34. The van der Waals surface area contributed by atoms with Crippen molar-refractivity contribution in [1.82, 2.24) is 0 Å². The minimum absolute atomic E-state index is 0.202. The normalized spacial score (nSPS) is 10.2. The molecule has 104 valence electrons. The molecule has 0 aliphatic rings. The van der Waals surface area contributed by atoms with Crippen molar-refractivity contribution in [3.8, 4) is 0 Å². The van der Waals surface area contributed by atoms with E-state index in [0.717, 1.165) is 12.1 Å². The molecule has 3 nitrogen and oxygen atoms in total. The molecule has 0 amide bonds. The highest BCUT2D eigenvalue weighted by atomic mass is 16.4. The van der Waals surface area contributed by atoms with E-state index < -0.39 is 5.97 Å². The first-order chi connectivity index (χ1) is 9.75. The highest BCUT2D eigenvalue weighted by Gasteiger charge is 2.03. The van der Waals surface area contributed by atoms with Gasteiger partial charge in [-0.3, -0.25) is 4.79 Å². The van der Waals surface area contributed by atoms with Crippen LogP contribution < -0.4 is 5.32 Å². The predicted molar refractivity (Wildman–Crippen MR) is 81.0 cm³/mol. The van der Waals surface area contributed by atoms with Crippen LogP contribution in [0, 0.1) is 0 Å². The Hall–Kier alpha value is -2.29. The van der Waals surface area contributed by atoms with E-state index in [-0.39, 0.29) is 6.42 Å². The smallest absolute Gasteiger partial charge is 0.303 e. The number of anilines is 1. The number of carbonyl (C=O) groups is 1. The van der Waals surface area contributed by atoms with Gasteiger partial charge in [0, 0.05) is 18.7 Å². The predicted octanol–water partition coefficient (Wildman–Crippen LogP) is 3.55. The Balaban J connectivity index is 1.97. The molecule has 0 atom stereocenters. The molecule has 2 rings (SSSR count). The van der Waals surface area contributed by atoms with E-state index in [4.69, 9.17) is 5.11 Å². The SMILES string of the molecule is O=C(O)CCCNc1ccccc1Cc1ccccc1. The van der Waals surface area contributed by atoms with Gasteiger partial charge in [0.2, 0.25) is 0 Å². The number of carboxylic acids is 1. The van der Waals surface area contributed by atoms with Crippen molar-refractivity contribution >= 4 is 11.7 Å². The van der Waals surface area contributed by atoms with Crippen LogP contribution in [0.2, 0.25) is 0 Å².